The van der Waals surface area contributed by atoms with Crippen LogP contribution in [0.15, 0.2) is 109 Å². The fourth-order valence-corrected chi connectivity index (χ4v) is 4.07. The van der Waals surface area contributed by atoms with E-state index in [1.54, 1.807) is 102 Å². The molecule has 8 heteroatoms. The van der Waals surface area contributed by atoms with Gasteiger partial charge < -0.3 is 18.9 Å². The van der Waals surface area contributed by atoms with Gasteiger partial charge in [-0.25, -0.2) is 4.79 Å². The number of esters is 1. The van der Waals surface area contributed by atoms with Crippen LogP contribution >= 0.6 is 0 Å². The second-order valence-electron chi connectivity index (χ2n) is 9.97. The molecule has 0 fully saturated rings. The zero-order chi connectivity index (χ0) is 33.6. The number of carbonyl (C=O) groups excluding carboxylic acids is 4. The number of hydrogen-bond acceptors (Lipinski definition) is 8. The van der Waals surface area contributed by atoms with E-state index in [0.717, 1.165) is 27.8 Å². The third-order valence-electron chi connectivity index (χ3n) is 6.73. The zero-order valence-electron chi connectivity index (χ0n) is 26.7. The molecule has 236 valence electrons. The summed E-state index contributed by atoms with van der Waals surface area (Å²) in [6, 6.07) is 31.7. The Hall–Kier alpha value is -5.76. The molecule has 0 aliphatic rings. The quantitative estimate of drug-likeness (QED) is 0.0974. The predicted molar refractivity (Wildman–Crippen MR) is 178 cm³/mol. The van der Waals surface area contributed by atoms with Gasteiger partial charge in [0.15, 0.2) is 17.3 Å². The van der Waals surface area contributed by atoms with Gasteiger partial charge in [-0.3, -0.25) is 14.4 Å². The lowest BCUT2D eigenvalue weighted by molar-refractivity contribution is 0.0734. The first-order valence-corrected chi connectivity index (χ1v) is 14.3. The number of ketones is 3. The average molecular weight is 621 g/mol. The van der Waals surface area contributed by atoms with Crippen molar-refractivity contribution in [2.24, 2.45) is 0 Å². The molecule has 0 aromatic heterocycles. The van der Waals surface area contributed by atoms with Crippen molar-refractivity contribution in [2.45, 2.75) is 20.8 Å². The van der Waals surface area contributed by atoms with E-state index in [-0.39, 0.29) is 17.3 Å². The molecule has 8 nitrogen and oxygen atoms in total. The smallest absolute Gasteiger partial charge is 0.343 e. The molecule has 0 heterocycles. The summed E-state index contributed by atoms with van der Waals surface area (Å²) in [4.78, 5) is 45.3. The topological polar surface area (TPSA) is 105 Å². The third kappa shape index (κ3) is 10.2. The molecular weight excluding hydrogens is 584 g/mol. The SMILES string of the molecule is COc1ccc(C(C)=O)cc1.COc1ccc(OC(=O)c2cccc(C(C)=O)c2)cc1.COc1ccc2cc(C(C)=O)ccc2c1. The molecule has 5 rings (SSSR count). The molecule has 0 amide bonds. The van der Waals surface area contributed by atoms with Crippen LogP contribution in [0.5, 0.6) is 23.0 Å². The number of ether oxygens (including phenoxy) is 4. The van der Waals surface area contributed by atoms with E-state index < -0.39 is 5.97 Å². The minimum absolute atomic E-state index is 0.0765. The van der Waals surface area contributed by atoms with Gasteiger partial charge in [0.2, 0.25) is 0 Å². The van der Waals surface area contributed by atoms with Gasteiger partial charge in [0.25, 0.3) is 0 Å². The van der Waals surface area contributed by atoms with E-state index in [1.807, 2.05) is 36.4 Å². The molecule has 5 aromatic carbocycles. The molecule has 46 heavy (non-hydrogen) atoms. The van der Waals surface area contributed by atoms with Gasteiger partial charge in [-0.15, -0.1) is 0 Å². The zero-order valence-corrected chi connectivity index (χ0v) is 26.7. The minimum atomic E-state index is -0.502. The Bertz CT molecular complexity index is 1810. The number of benzene rings is 5. The highest BCUT2D eigenvalue weighted by Crippen LogP contribution is 2.22. The molecule has 0 unspecified atom stereocenters. The standard InChI is InChI=1S/C16H14O4.C13H12O2.C9H10O2/c1-11(17)12-4-3-5-13(10-12)16(18)20-15-8-6-14(19-2)7-9-15;1-9(14)10-3-4-12-8-13(15-2)6-5-11(12)7-10;1-7(10)8-3-5-9(11-2)6-4-8/h3-10H,1-2H3;3-8H,1-2H3;3-6H,1-2H3. The first kappa shape index (κ1) is 34.7. The first-order chi connectivity index (χ1) is 22.0. The molecule has 0 radical (unpaired) electrons. The largest absolute Gasteiger partial charge is 0.497 e. The van der Waals surface area contributed by atoms with Crippen LogP contribution in [0.3, 0.4) is 0 Å². The van der Waals surface area contributed by atoms with Crippen molar-refractivity contribution in [2.75, 3.05) is 21.3 Å². The van der Waals surface area contributed by atoms with Gasteiger partial charge >= 0.3 is 5.97 Å². The van der Waals surface area contributed by atoms with Gasteiger partial charge in [-0.2, -0.15) is 0 Å². The van der Waals surface area contributed by atoms with Crippen molar-refractivity contribution in [3.63, 3.8) is 0 Å². The summed E-state index contributed by atoms with van der Waals surface area (Å²) >= 11 is 0. The summed E-state index contributed by atoms with van der Waals surface area (Å²) in [5.41, 5.74) is 2.28. The number of methoxy groups -OCH3 is 3. The van der Waals surface area contributed by atoms with Gasteiger partial charge in [0.1, 0.15) is 23.0 Å². The van der Waals surface area contributed by atoms with Crippen molar-refractivity contribution in [1.82, 2.24) is 0 Å². The highest BCUT2D eigenvalue weighted by Gasteiger charge is 2.11. The van der Waals surface area contributed by atoms with E-state index in [9.17, 15) is 19.2 Å². The summed E-state index contributed by atoms with van der Waals surface area (Å²) in [7, 11) is 4.81. The Morgan fingerprint density at radius 2 is 0.826 bits per heavy atom. The fraction of sp³-hybridized carbons (Fsp3) is 0.158. The summed E-state index contributed by atoms with van der Waals surface area (Å²) < 4.78 is 20.3. The Balaban J connectivity index is 0.000000197. The number of hydrogen-bond donors (Lipinski definition) is 0. The second-order valence-corrected chi connectivity index (χ2v) is 9.97. The van der Waals surface area contributed by atoms with E-state index in [2.05, 4.69) is 0 Å². The van der Waals surface area contributed by atoms with E-state index in [4.69, 9.17) is 18.9 Å². The summed E-state index contributed by atoms with van der Waals surface area (Å²) in [6.45, 7) is 4.57. The highest BCUT2D eigenvalue weighted by molar-refractivity contribution is 5.99. The van der Waals surface area contributed by atoms with Crippen molar-refractivity contribution < 1.29 is 38.1 Å². The van der Waals surface area contributed by atoms with Gasteiger partial charge in [0.05, 0.1) is 26.9 Å². The highest BCUT2D eigenvalue weighted by atomic mass is 16.5. The van der Waals surface area contributed by atoms with Crippen molar-refractivity contribution in [3.05, 3.63) is 131 Å². The van der Waals surface area contributed by atoms with Crippen LogP contribution in [-0.2, 0) is 0 Å². The van der Waals surface area contributed by atoms with E-state index >= 15 is 0 Å². The monoisotopic (exact) mass is 620 g/mol. The molecule has 0 atom stereocenters. The maximum absolute atomic E-state index is 12.0. The molecule has 0 saturated carbocycles. The predicted octanol–water partition coefficient (Wildman–Crippen LogP) is 8.07. The number of rotatable bonds is 8. The Morgan fingerprint density at radius 3 is 1.37 bits per heavy atom. The molecule has 0 bridgehead atoms. The maximum Gasteiger partial charge on any atom is 0.343 e. The van der Waals surface area contributed by atoms with Gasteiger partial charge in [-0.1, -0.05) is 30.3 Å². The third-order valence-corrected chi connectivity index (χ3v) is 6.73. The van der Waals surface area contributed by atoms with Crippen LogP contribution in [0.1, 0.15) is 62.2 Å². The maximum atomic E-state index is 12.0. The summed E-state index contributed by atoms with van der Waals surface area (Å²) in [5.74, 6) is 2.28. The van der Waals surface area contributed by atoms with Crippen LogP contribution in [0.4, 0.5) is 0 Å². The Morgan fingerprint density at radius 1 is 0.413 bits per heavy atom. The average Bonchev–Trinajstić information content (AvgIpc) is 3.08. The Kier molecular flexibility index (Phi) is 12.8. The molecular formula is C38H36O8. The molecule has 0 aliphatic heterocycles. The second kappa shape index (κ2) is 16.9. The molecule has 5 aromatic rings. The van der Waals surface area contributed by atoms with Crippen LogP contribution < -0.4 is 18.9 Å². The van der Waals surface area contributed by atoms with Crippen LogP contribution in [0.25, 0.3) is 10.8 Å². The van der Waals surface area contributed by atoms with Crippen molar-refractivity contribution in [3.8, 4) is 23.0 Å². The lowest BCUT2D eigenvalue weighted by atomic mass is 10.0. The molecule has 0 N–H and O–H groups in total. The van der Waals surface area contributed by atoms with Gasteiger partial charge in [-0.05, 0) is 110 Å². The summed E-state index contributed by atoms with van der Waals surface area (Å²) in [6.07, 6.45) is 0. The van der Waals surface area contributed by atoms with Crippen molar-refractivity contribution in [1.29, 1.82) is 0 Å². The van der Waals surface area contributed by atoms with Crippen LogP contribution in [0.2, 0.25) is 0 Å². The van der Waals surface area contributed by atoms with Crippen LogP contribution in [-0.4, -0.2) is 44.6 Å². The van der Waals surface area contributed by atoms with Crippen LogP contribution in [0, 0.1) is 0 Å². The van der Waals surface area contributed by atoms with Gasteiger partial charge in [0, 0.05) is 16.7 Å². The normalized spacial score (nSPS) is 9.87. The first-order valence-electron chi connectivity index (χ1n) is 14.3. The summed E-state index contributed by atoms with van der Waals surface area (Å²) in [5, 5.41) is 2.14. The Labute approximate surface area is 268 Å². The fourth-order valence-electron chi connectivity index (χ4n) is 4.07. The van der Waals surface area contributed by atoms with E-state index in [0.29, 0.717) is 28.2 Å². The molecule has 0 saturated heterocycles. The minimum Gasteiger partial charge on any atom is -0.497 e. The van der Waals surface area contributed by atoms with Crippen molar-refractivity contribution >= 4 is 34.1 Å². The molecule has 0 aliphatic carbocycles. The lowest BCUT2D eigenvalue weighted by Crippen LogP contribution is -2.09. The number of fused-ring (bicyclic) bond motifs is 1. The van der Waals surface area contributed by atoms with E-state index in [1.165, 1.54) is 13.0 Å². The lowest BCUT2D eigenvalue weighted by Gasteiger charge is -2.06. The molecule has 0 spiro atoms. The number of carbonyl (C=O) groups is 4. The number of Topliss-reactive ketones (excluding diaryl/α,β-unsaturated/α-hetero) is 3.